The highest BCUT2D eigenvalue weighted by Crippen LogP contribution is 2.24. The molecule has 1 aliphatic heterocycles. The van der Waals surface area contributed by atoms with Crippen LogP contribution in [-0.4, -0.2) is 26.9 Å². The summed E-state index contributed by atoms with van der Waals surface area (Å²) >= 11 is 1.43. The number of carbonyl (C=O) groups excluding carboxylic acids is 2. The highest BCUT2D eigenvalue weighted by atomic mass is 32.1. The monoisotopic (exact) mass is 273 g/mol. The smallest absolute Gasteiger partial charge is 0.261 e. The number of fused-ring (bicyclic) bond motifs is 1. The van der Waals surface area contributed by atoms with Gasteiger partial charge in [-0.15, -0.1) is 10.2 Å². The molecule has 2 aromatic rings. The molecule has 96 valence electrons. The molecule has 2 heterocycles. The van der Waals surface area contributed by atoms with E-state index < -0.39 is 0 Å². The van der Waals surface area contributed by atoms with Gasteiger partial charge >= 0.3 is 0 Å². The molecule has 5 nitrogen and oxygen atoms in total. The van der Waals surface area contributed by atoms with Gasteiger partial charge in [0, 0.05) is 0 Å². The van der Waals surface area contributed by atoms with Crippen molar-refractivity contribution in [1.29, 1.82) is 0 Å². The topological polar surface area (TPSA) is 63.2 Å². The average molecular weight is 273 g/mol. The molecule has 6 heteroatoms. The van der Waals surface area contributed by atoms with Crippen LogP contribution in [0.4, 0.5) is 0 Å². The summed E-state index contributed by atoms with van der Waals surface area (Å²) in [7, 11) is 0. The molecule has 0 fully saturated rings. The Morgan fingerprint density at radius 2 is 1.63 bits per heavy atom. The summed E-state index contributed by atoms with van der Waals surface area (Å²) in [5.41, 5.74) is 0.931. The van der Waals surface area contributed by atoms with Crippen LogP contribution in [0.15, 0.2) is 24.3 Å². The zero-order valence-corrected chi connectivity index (χ0v) is 11.1. The van der Waals surface area contributed by atoms with Gasteiger partial charge in [0.2, 0.25) is 0 Å². The van der Waals surface area contributed by atoms with Gasteiger partial charge in [-0.1, -0.05) is 30.4 Å². The van der Waals surface area contributed by atoms with Crippen LogP contribution in [-0.2, 0) is 13.0 Å². The van der Waals surface area contributed by atoms with E-state index in [0.29, 0.717) is 16.1 Å². The fraction of sp³-hybridized carbons (Fsp3) is 0.231. The van der Waals surface area contributed by atoms with Gasteiger partial charge in [0.1, 0.15) is 10.0 Å². The lowest BCUT2D eigenvalue weighted by atomic mass is 10.1. The molecule has 0 saturated heterocycles. The van der Waals surface area contributed by atoms with Crippen LogP contribution in [0.2, 0.25) is 0 Å². The molecule has 0 radical (unpaired) electrons. The lowest BCUT2D eigenvalue weighted by Gasteiger charge is -2.10. The van der Waals surface area contributed by atoms with E-state index in [1.807, 2.05) is 6.92 Å². The number of hydrogen-bond acceptors (Lipinski definition) is 5. The minimum Gasteiger partial charge on any atom is -0.269 e. The molecule has 0 saturated carbocycles. The van der Waals surface area contributed by atoms with E-state index >= 15 is 0 Å². The zero-order valence-electron chi connectivity index (χ0n) is 10.3. The molecule has 0 bridgehead atoms. The van der Waals surface area contributed by atoms with Gasteiger partial charge in [0.15, 0.2) is 0 Å². The molecule has 0 atom stereocenters. The largest absolute Gasteiger partial charge is 0.269 e. The standard InChI is InChI=1S/C13H11N3O2S/c1-2-10-14-15-11(19-10)7-16-12(17)8-5-3-4-6-9(8)13(16)18/h3-6H,2,7H2,1H3. The van der Waals surface area contributed by atoms with Crippen LogP contribution >= 0.6 is 11.3 Å². The highest BCUT2D eigenvalue weighted by Gasteiger charge is 2.35. The molecule has 1 aromatic carbocycles. The molecular weight excluding hydrogens is 262 g/mol. The number of benzene rings is 1. The van der Waals surface area contributed by atoms with Crippen molar-refractivity contribution in [1.82, 2.24) is 15.1 Å². The fourth-order valence-electron chi connectivity index (χ4n) is 2.01. The number of aromatic nitrogens is 2. The number of carbonyl (C=O) groups is 2. The maximum absolute atomic E-state index is 12.1. The predicted octanol–water partition coefficient (Wildman–Crippen LogP) is 1.90. The van der Waals surface area contributed by atoms with E-state index in [2.05, 4.69) is 10.2 Å². The number of hydrogen-bond donors (Lipinski definition) is 0. The van der Waals surface area contributed by atoms with Gasteiger partial charge in [0.05, 0.1) is 17.7 Å². The van der Waals surface area contributed by atoms with Crippen molar-refractivity contribution < 1.29 is 9.59 Å². The predicted molar refractivity (Wildman–Crippen MR) is 69.9 cm³/mol. The summed E-state index contributed by atoms with van der Waals surface area (Å²) in [6.07, 6.45) is 0.805. The Morgan fingerprint density at radius 1 is 1.05 bits per heavy atom. The second-order valence-corrected chi connectivity index (χ2v) is 5.33. The summed E-state index contributed by atoms with van der Waals surface area (Å²) in [5.74, 6) is -0.511. The molecule has 19 heavy (non-hydrogen) atoms. The van der Waals surface area contributed by atoms with Crippen LogP contribution in [0, 0.1) is 0 Å². The molecular formula is C13H11N3O2S. The summed E-state index contributed by atoms with van der Waals surface area (Å²) in [6, 6.07) is 6.86. The molecule has 3 rings (SSSR count). The molecule has 1 aliphatic rings. The first-order valence-electron chi connectivity index (χ1n) is 5.97. The van der Waals surface area contributed by atoms with E-state index in [4.69, 9.17) is 0 Å². The Bertz CT molecular complexity index is 630. The summed E-state index contributed by atoms with van der Waals surface area (Å²) in [4.78, 5) is 25.5. The van der Waals surface area contributed by atoms with E-state index in [1.165, 1.54) is 16.2 Å². The van der Waals surface area contributed by atoms with E-state index in [9.17, 15) is 9.59 Å². The fourth-order valence-corrected chi connectivity index (χ4v) is 2.79. The molecule has 0 spiro atoms. The molecule has 0 unspecified atom stereocenters. The van der Waals surface area contributed by atoms with Gasteiger partial charge in [-0.3, -0.25) is 14.5 Å². The lowest BCUT2D eigenvalue weighted by Crippen LogP contribution is -2.29. The Morgan fingerprint density at radius 3 is 2.16 bits per heavy atom. The normalized spacial score (nSPS) is 14.1. The van der Waals surface area contributed by atoms with Crippen LogP contribution in [0.1, 0.15) is 37.7 Å². The average Bonchev–Trinajstić information content (AvgIpc) is 2.99. The van der Waals surface area contributed by atoms with Crippen molar-refractivity contribution in [2.24, 2.45) is 0 Å². The lowest BCUT2D eigenvalue weighted by molar-refractivity contribution is 0.0642. The number of aryl methyl sites for hydroxylation is 1. The zero-order chi connectivity index (χ0) is 13.4. The molecule has 0 N–H and O–H groups in total. The van der Waals surface area contributed by atoms with Crippen LogP contribution in [0.3, 0.4) is 0 Å². The van der Waals surface area contributed by atoms with Crippen molar-refractivity contribution in [2.45, 2.75) is 19.9 Å². The van der Waals surface area contributed by atoms with Gasteiger partial charge in [0.25, 0.3) is 11.8 Å². The van der Waals surface area contributed by atoms with Gasteiger partial charge < -0.3 is 0 Å². The van der Waals surface area contributed by atoms with Crippen LogP contribution in [0.5, 0.6) is 0 Å². The number of rotatable bonds is 3. The Balaban J connectivity index is 1.88. The molecule has 1 aromatic heterocycles. The maximum Gasteiger partial charge on any atom is 0.261 e. The van der Waals surface area contributed by atoms with Crippen molar-refractivity contribution in [3.05, 3.63) is 45.4 Å². The summed E-state index contributed by atoms with van der Waals surface area (Å²) in [5, 5.41) is 9.60. The number of amides is 2. The Labute approximate surface area is 113 Å². The third-order valence-electron chi connectivity index (χ3n) is 2.98. The second-order valence-electron chi connectivity index (χ2n) is 4.19. The minimum atomic E-state index is -0.256. The number of nitrogens with zero attached hydrogens (tertiary/aromatic N) is 3. The third kappa shape index (κ3) is 1.94. The van der Waals surface area contributed by atoms with Crippen molar-refractivity contribution in [3.8, 4) is 0 Å². The van der Waals surface area contributed by atoms with Gasteiger partial charge in [-0.25, -0.2) is 0 Å². The van der Waals surface area contributed by atoms with Crippen LogP contribution < -0.4 is 0 Å². The van der Waals surface area contributed by atoms with E-state index in [-0.39, 0.29) is 18.4 Å². The van der Waals surface area contributed by atoms with Crippen molar-refractivity contribution in [3.63, 3.8) is 0 Å². The van der Waals surface area contributed by atoms with E-state index in [1.54, 1.807) is 24.3 Å². The first-order valence-corrected chi connectivity index (χ1v) is 6.79. The molecule has 0 aliphatic carbocycles. The highest BCUT2D eigenvalue weighted by molar-refractivity contribution is 7.11. The first kappa shape index (κ1) is 12.0. The first-order chi connectivity index (χ1) is 9.20. The maximum atomic E-state index is 12.1. The minimum absolute atomic E-state index is 0.198. The quantitative estimate of drug-likeness (QED) is 0.801. The van der Waals surface area contributed by atoms with Crippen LogP contribution in [0.25, 0.3) is 0 Å². The second kappa shape index (κ2) is 4.55. The molecule has 2 amide bonds. The third-order valence-corrected chi connectivity index (χ3v) is 4.04. The van der Waals surface area contributed by atoms with Gasteiger partial charge in [-0.2, -0.15) is 0 Å². The van der Waals surface area contributed by atoms with Crippen molar-refractivity contribution in [2.75, 3.05) is 0 Å². The van der Waals surface area contributed by atoms with Gasteiger partial charge in [-0.05, 0) is 18.6 Å². The summed E-state index contributed by atoms with van der Waals surface area (Å²) in [6.45, 7) is 2.19. The summed E-state index contributed by atoms with van der Waals surface area (Å²) < 4.78 is 0. The van der Waals surface area contributed by atoms with Crippen molar-refractivity contribution >= 4 is 23.2 Å². The Kier molecular flexibility index (Phi) is 2.87. The number of imide groups is 1. The SMILES string of the molecule is CCc1nnc(CN2C(=O)c3ccccc3C2=O)s1. The Hall–Kier alpha value is -2.08. The van der Waals surface area contributed by atoms with E-state index in [0.717, 1.165) is 11.4 Å².